The van der Waals surface area contributed by atoms with E-state index in [1.54, 1.807) is 17.8 Å². The molecule has 0 radical (unpaired) electrons. The molecule has 0 bridgehead atoms. The second kappa shape index (κ2) is 8.03. The van der Waals surface area contributed by atoms with Gasteiger partial charge in [-0.1, -0.05) is 41.9 Å². The van der Waals surface area contributed by atoms with Crippen LogP contribution in [0.5, 0.6) is 0 Å². The predicted molar refractivity (Wildman–Crippen MR) is 115 cm³/mol. The van der Waals surface area contributed by atoms with E-state index in [-0.39, 0.29) is 5.56 Å². The quantitative estimate of drug-likeness (QED) is 0.307. The van der Waals surface area contributed by atoms with Crippen LogP contribution < -0.4 is 0 Å². The van der Waals surface area contributed by atoms with E-state index in [0.717, 1.165) is 27.0 Å². The Morgan fingerprint density at radius 1 is 0.929 bits per heavy atom. The van der Waals surface area contributed by atoms with Gasteiger partial charge in [0.2, 0.25) is 0 Å². The second-order valence-corrected chi connectivity index (χ2v) is 8.32. The summed E-state index contributed by atoms with van der Waals surface area (Å²) in [5.41, 5.74) is 2.45. The summed E-state index contributed by atoms with van der Waals surface area (Å²) in [4.78, 5) is 6.63. The van der Waals surface area contributed by atoms with E-state index >= 15 is 0 Å². The van der Waals surface area contributed by atoms with Crippen molar-refractivity contribution in [1.29, 1.82) is 0 Å². The van der Waals surface area contributed by atoms with Gasteiger partial charge in [0.1, 0.15) is 16.6 Å². The third kappa shape index (κ3) is 3.70. The average molecular weight is 430 g/mol. The van der Waals surface area contributed by atoms with Crippen LogP contribution in [-0.4, -0.2) is 11.2 Å². The maximum absolute atomic E-state index is 14.5. The topological polar surface area (TPSA) is 12.9 Å². The molecular formula is C22H14ClF2NS2. The van der Waals surface area contributed by atoms with Gasteiger partial charge in [-0.3, -0.25) is 0 Å². The summed E-state index contributed by atoms with van der Waals surface area (Å²) < 4.78 is 28.0. The molecule has 3 aromatic carbocycles. The van der Waals surface area contributed by atoms with Crippen LogP contribution in [0.1, 0.15) is 0 Å². The van der Waals surface area contributed by atoms with Crippen LogP contribution in [0.2, 0.25) is 5.02 Å². The highest BCUT2D eigenvalue weighted by Crippen LogP contribution is 2.43. The molecule has 0 amide bonds. The van der Waals surface area contributed by atoms with Crippen LogP contribution in [0.3, 0.4) is 0 Å². The van der Waals surface area contributed by atoms with Gasteiger partial charge in [-0.15, -0.1) is 23.1 Å². The van der Waals surface area contributed by atoms with E-state index in [1.165, 1.54) is 23.5 Å². The number of rotatable bonds is 4. The number of benzene rings is 3. The van der Waals surface area contributed by atoms with Crippen LogP contribution in [0.25, 0.3) is 32.3 Å². The van der Waals surface area contributed by atoms with Crippen molar-refractivity contribution in [3.05, 3.63) is 83.4 Å². The lowest BCUT2D eigenvalue weighted by Gasteiger charge is -2.05. The minimum Gasteiger partial charge on any atom is -0.235 e. The fourth-order valence-electron chi connectivity index (χ4n) is 2.87. The predicted octanol–water partition coefficient (Wildman–Crippen LogP) is 7.80. The van der Waals surface area contributed by atoms with E-state index in [4.69, 9.17) is 11.6 Å². The number of aromatic nitrogens is 1. The first kappa shape index (κ1) is 19.1. The van der Waals surface area contributed by atoms with Crippen LogP contribution in [-0.2, 0) is 0 Å². The summed E-state index contributed by atoms with van der Waals surface area (Å²) in [6.07, 6.45) is 2.01. The molecule has 0 aliphatic rings. The van der Waals surface area contributed by atoms with Crippen LogP contribution in [0.4, 0.5) is 8.78 Å². The zero-order valence-electron chi connectivity index (χ0n) is 14.7. The SMILES string of the molecule is CSc1ccc(-c2sc(-c3ccccc3Cl)nc2-c2ccc(F)cc2F)cc1. The Balaban J connectivity index is 1.93. The smallest absolute Gasteiger partial charge is 0.135 e. The zero-order valence-corrected chi connectivity index (χ0v) is 17.1. The first-order chi connectivity index (χ1) is 13.6. The summed E-state index contributed by atoms with van der Waals surface area (Å²) in [7, 11) is 0. The highest BCUT2D eigenvalue weighted by molar-refractivity contribution is 7.98. The molecule has 28 heavy (non-hydrogen) atoms. The molecule has 0 spiro atoms. The van der Waals surface area contributed by atoms with Gasteiger partial charge in [0.25, 0.3) is 0 Å². The zero-order chi connectivity index (χ0) is 19.7. The summed E-state index contributed by atoms with van der Waals surface area (Å²) in [6, 6.07) is 19.0. The van der Waals surface area contributed by atoms with Gasteiger partial charge in [-0.2, -0.15) is 0 Å². The molecule has 0 fully saturated rings. The van der Waals surface area contributed by atoms with Crippen molar-refractivity contribution in [2.24, 2.45) is 0 Å². The van der Waals surface area contributed by atoms with Gasteiger partial charge in [-0.05, 0) is 42.2 Å². The second-order valence-electron chi connectivity index (χ2n) is 6.03. The molecule has 1 nitrogen and oxygen atoms in total. The fourth-order valence-corrected chi connectivity index (χ4v) is 4.69. The molecule has 4 aromatic rings. The average Bonchev–Trinajstić information content (AvgIpc) is 3.13. The first-order valence-electron chi connectivity index (χ1n) is 8.42. The monoisotopic (exact) mass is 429 g/mol. The molecule has 0 aliphatic carbocycles. The van der Waals surface area contributed by atoms with Crippen molar-refractivity contribution in [3.8, 4) is 32.3 Å². The van der Waals surface area contributed by atoms with Crippen molar-refractivity contribution in [3.63, 3.8) is 0 Å². The van der Waals surface area contributed by atoms with Gasteiger partial charge < -0.3 is 0 Å². The van der Waals surface area contributed by atoms with Crippen LogP contribution in [0.15, 0.2) is 71.6 Å². The number of hydrogen-bond donors (Lipinski definition) is 0. The van der Waals surface area contributed by atoms with Crippen molar-refractivity contribution in [2.75, 3.05) is 6.26 Å². The third-order valence-electron chi connectivity index (χ3n) is 4.27. The Kier molecular flexibility index (Phi) is 5.49. The molecule has 1 aromatic heterocycles. The molecule has 0 saturated heterocycles. The minimum absolute atomic E-state index is 0.264. The Morgan fingerprint density at radius 2 is 1.68 bits per heavy atom. The van der Waals surface area contributed by atoms with Gasteiger partial charge in [0, 0.05) is 22.1 Å². The molecule has 0 unspecified atom stereocenters. The molecular weight excluding hydrogens is 416 g/mol. The normalized spacial score (nSPS) is 11.0. The number of nitrogens with zero attached hydrogens (tertiary/aromatic N) is 1. The van der Waals surface area contributed by atoms with E-state index in [1.807, 2.05) is 48.7 Å². The largest absolute Gasteiger partial charge is 0.235 e. The molecule has 0 saturated carbocycles. The summed E-state index contributed by atoms with van der Waals surface area (Å²) in [6.45, 7) is 0. The van der Waals surface area contributed by atoms with Gasteiger partial charge in [-0.25, -0.2) is 13.8 Å². The lowest BCUT2D eigenvalue weighted by molar-refractivity contribution is 0.585. The molecule has 0 atom stereocenters. The van der Waals surface area contributed by atoms with E-state index in [9.17, 15) is 8.78 Å². The highest BCUT2D eigenvalue weighted by Gasteiger charge is 2.20. The number of thioether (sulfide) groups is 1. The van der Waals surface area contributed by atoms with Crippen LogP contribution >= 0.6 is 34.7 Å². The lowest BCUT2D eigenvalue weighted by atomic mass is 10.1. The van der Waals surface area contributed by atoms with Crippen molar-refractivity contribution < 1.29 is 8.78 Å². The summed E-state index contributed by atoms with van der Waals surface area (Å²) >= 11 is 9.43. The summed E-state index contributed by atoms with van der Waals surface area (Å²) in [5, 5.41) is 1.26. The molecule has 0 aliphatic heterocycles. The molecule has 140 valence electrons. The van der Waals surface area contributed by atoms with Crippen LogP contribution in [0, 0.1) is 11.6 Å². The fraction of sp³-hybridized carbons (Fsp3) is 0.0455. The molecule has 0 N–H and O–H groups in total. The maximum Gasteiger partial charge on any atom is 0.135 e. The molecule has 1 heterocycles. The van der Waals surface area contributed by atoms with Crippen molar-refractivity contribution in [1.82, 2.24) is 4.98 Å². The Bertz CT molecular complexity index is 1140. The number of thiazole rings is 1. The van der Waals surface area contributed by atoms with Crippen molar-refractivity contribution >= 4 is 34.7 Å². The Morgan fingerprint density at radius 3 is 2.36 bits per heavy atom. The minimum atomic E-state index is -0.641. The van der Waals surface area contributed by atoms with E-state index < -0.39 is 11.6 Å². The number of halogens is 3. The highest BCUT2D eigenvalue weighted by atomic mass is 35.5. The number of hydrogen-bond acceptors (Lipinski definition) is 3. The summed E-state index contributed by atoms with van der Waals surface area (Å²) in [5.74, 6) is -1.26. The van der Waals surface area contributed by atoms with E-state index in [0.29, 0.717) is 15.7 Å². The standard InChI is InChI=1S/C22H14ClF2NS2/c1-27-15-9-6-13(7-10-15)21-20(17-11-8-14(24)12-19(17)25)26-22(28-21)16-4-2-3-5-18(16)23/h2-12H,1H3. The van der Waals surface area contributed by atoms with E-state index in [2.05, 4.69) is 4.98 Å². The van der Waals surface area contributed by atoms with Crippen molar-refractivity contribution in [2.45, 2.75) is 4.90 Å². The van der Waals surface area contributed by atoms with Gasteiger partial charge in [0.05, 0.1) is 15.6 Å². The third-order valence-corrected chi connectivity index (χ3v) is 6.48. The first-order valence-corrected chi connectivity index (χ1v) is 10.8. The molecule has 4 rings (SSSR count). The lowest BCUT2D eigenvalue weighted by Crippen LogP contribution is -1.89. The Hall–Kier alpha value is -2.21. The Labute approximate surface area is 175 Å². The van der Waals surface area contributed by atoms with Gasteiger partial charge >= 0.3 is 0 Å². The molecule has 6 heteroatoms. The van der Waals surface area contributed by atoms with Gasteiger partial charge in [0.15, 0.2) is 0 Å². The maximum atomic E-state index is 14.5.